The minimum atomic E-state index is -0.249. The van der Waals surface area contributed by atoms with Crippen molar-refractivity contribution in [3.63, 3.8) is 0 Å². The fourth-order valence-electron chi connectivity index (χ4n) is 2.28. The summed E-state index contributed by atoms with van der Waals surface area (Å²) in [6.07, 6.45) is 4.21. The Kier molecular flexibility index (Phi) is 13.7. The van der Waals surface area contributed by atoms with E-state index in [4.69, 9.17) is 9.47 Å². The zero-order valence-electron chi connectivity index (χ0n) is 17.0. The summed E-state index contributed by atoms with van der Waals surface area (Å²) >= 11 is 0. The molecule has 0 amide bonds. The van der Waals surface area contributed by atoms with E-state index >= 15 is 0 Å². The first kappa shape index (κ1) is 24.8. The molecule has 0 aliphatic heterocycles. The van der Waals surface area contributed by atoms with E-state index in [-0.39, 0.29) is 11.9 Å². The summed E-state index contributed by atoms with van der Waals surface area (Å²) in [5.41, 5.74) is 1.95. The van der Waals surface area contributed by atoms with Crippen molar-refractivity contribution < 1.29 is 28.7 Å². The van der Waals surface area contributed by atoms with Crippen molar-refractivity contribution in [2.75, 3.05) is 0 Å². The Balaban J connectivity index is 0.000000300. The SMILES string of the molecule is O=CCCCC(=O)OCc1ccccc1.O=CCCCC(=O)OCc1ccccc1. The second-order valence-electron chi connectivity index (χ2n) is 6.41. The maximum absolute atomic E-state index is 11.2. The van der Waals surface area contributed by atoms with Gasteiger partial charge in [-0.05, 0) is 24.0 Å². The molecule has 0 spiro atoms. The number of hydrogen-bond donors (Lipinski definition) is 0. The van der Waals surface area contributed by atoms with Gasteiger partial charge in [0.1, 0.15) is 25.8 Å². The minimum absolute atomic E-state index is 0.249. The summed E-state index contributed by atoms with van der Waals surface area (Å²) < 4.78 is 10.0. The van der Waals surface area contributed by atoms with Crippen LogP contribution in [0.2, 0.25) is 0 Å². The maximum Gasteiger partial charge on any atom is 0.306 e. The maximum atomic E-state index is 11.2. The van der Waals surface area contributed by atoms with Gasteiger partial charge in [0.05, 0.1) is 0 Å². The summed E-state index contributed by atoms with van der Waals surface area (Å²) in [5, 5.41) is 0. The molecule has 2 aromatic rings. The summed E-state index contributed by atoms with van der Waals surface area (Å²) in [5.74, 6) is -0.499. The first-order valence-corrected chi connectivity index (χ1v) is 9.92. The largest absolute Gasteiger partial charge is 0.461 e. The number of unbranched alkanes of at least 4 members (excludes halogenated alkanes) is 2. The Bertz CT molecular complexity index is 677. The molecule has 2 rings (SSSR count). The van der Waals surface area contributed by atoms with E-state index in [0.717, 1.165) is 23.7 Å². The number of carbonyl (C=O) groups excluding carboxylic acids is 4. The highest BCUT2D eigenvalue weighted by atomic mass is 16.5. The number of ether oxygens (including phenoxy) is 2. The Morgan fingerprint density at radius 3 is 1.33 bits per heavy atom. The van der Waals surface area contributed by atoms with E-state index in [1.165, 1.54) is 0 Å². The molecule has 0 N–H and O–H groups in total. The zero-order chi connectivity index (χ0) is 21.9. The van der Waals surface area contributed by atoms with Crippen molar-refractivity contribution in [1.29, 1.82) is 0 Å². The second kappa shape index (κ2) is 16.7. The molecule has 0 heterocycles. The van der Waals surface area contributed by atoms with Crippen LogP contribution in [0, 0.1) is 0 Å². The van der Waals surface area contributed by atoms with Crippen molar-refractivity contribution in [1.82, 2.24) is 0 Å². The molecule has 0 unspecified atom stereocenters. The average molecular weight is 412 g/mol. The van der Waals surface area contributed by atoms with Crippen LogP contribution in [0.15, 0.2) is 60.7 Å². The summed E-state index contributed by atoms with van der Waals surface area (Å²) in [6.45, 7) is 0.613. The van der Waals surface area contributed by atoms with Gasteiger partial charge in [-0.2, -0.15) is 0 Å². The molecule has 0 atom stereocenters. The highest BCUT2D eigenvalue weighted by molar-refractivity contribution is 5.70. The molecule has 0 radical (unpaired) electrons. The highest BCUT2D eigenvalue weighted by Crippen LogP contribution is 2.04. The fourth-order valence-corrected chi connectivity index (χ4v) is 2.28. The van der Waals surface area contributed by atoms with Crippen molar-refractivity contribution >= 4 is 24.5 Å². The van der Waals surface area contributed by atoms with Crippen LogP contribution in [-0.4, -0.2) is 24.5 Å². The average Bonchev–Trinajstić information content (AvgIpc) is 2.78. The quantitative estimate of drug-likeness (QED) is 0.295. The Morgan fingerprint density at radius 2 is 1.00 bits per heavy atom. The molecule has 0 saturated carbocycles. The van der Waals surface area contributed by atoms with Gasteiger partial charge in [-0.1, -0.05) is 60.7 Å². The first-order valence-electron chi connectivity index (χ1n) is 9.92. The second-order valence-corrected chi connectivity index (χ2v) is 6.41. The van der Waals surface area contributed by atoms with E-state index < -0.39 is 0 Å². The summed E-state index contributed by atoms with van der Waals surface area (Å²) in [4.78, 5) is 42.3. The van der Waals surface area contributed by atoms with Crippen LogP contribution in [0.1, 0.15) is 49.7 Å². The molecule has 2 aromatic carbocycles. The van der Waals surface area contributed by atoms with Gasteiger partial charge in [-0.15, -0.1) is 0 Å². The van der Waals surface area contributed by atoms with E-state index in [1.807, 2.05) is 60.7 Å². The first-order chi connectivity index (χ1) is 14.7. The van der Waals surface area contributed by atoms with E-state index in [9.17, 15) is 19.2 Å². The number of rotatable bonds is 12. The van der Waals surface area contributed by atoms with Gasteiger partial charge < -0.3 is 19.1 Å². The molecule has 6 nitrogen and oxygen atoms in total. The zero-order valence-corrected chi connectivity index (χ0v) is 17.0. The standard InChI is InChI=1S/2C12H14O3/c2*13-9-5-4-8-12(14)15-10-11-6-2-1-3-7-11/h2*1-3,6-7,9H,4-5,8,10H2. The van der Waals surface area contributed by atoms with Gasteiger partial charge in [-0.25, -0.2) is 0 Å². The van der Waals surface area contributed by atoms with Gasteiger partial charge in [0, 0.05) is 25.7 Å². The molecule has 0 fully saturated rings. The van der Waals surface area contributed by atoms with Crippen molar-refractivity contribution in [2.24, 2.45) is 0 Å². The molecule has 6 heteroatoms. The van der Waals surface area contributed by atoms with Crippen LogP contribution < -0.4 is 0 Å². The number of hydrogen-bond acceptors (Lipinski definition) is 6. The summed E-state index contributed by atoms with van der Waals surface area (Å²) in [7, 11) is 0. The third-order valence-corrected chi connectivity index (χ3v) is 3.89. The van der Waals surface area contributed by atoms with Crippen LogP contribution in [0.25, 0.3) is 0 Å². The van der Waals surface area contributed by atoms with Crippen LogP contribution in [0.4, 0.5) is 0 Å². The molecular weight excluding hydrogens is 384 g/mol. The van der Waals surface area contributed by atoms with E-state index in [2.05, 4.69) is 0 Å². The Hall–Kier alpha value is -3.28. The number of esters is 2. The lowest BCUT2D eigenvalue weighted by atomic mass is 10.2. The third kappa shape index (κ3) is 13.0. The highest BCUT2D eigenvalue weighted by Gasteiger charge is 2.03. The van der Waals surface area contributed by atoms with Crippen LogP contribution >= 0.6 is 0 Å². The normalized spacial score (nSPS) is 9.60. The van der Waals surface area contributed by atoms with Crippen molar-refractivity contribution in [3.05, 3.63) is 71.8 Å². The number of aldehydes is 2. The lowest BCUT2D eigenvalue weighted by Gasteiger charge is -2.03. The molecule has 0 bridgehead atoms. The van der Waals surface area contributed by atoms with Gasteiger partial charge in [0.2, 0.25) is 0 Å². The topological polar surface area (TPSA) is 86.7 Å². The van der Waals surface area contributed by atoms with E-state index in [1.54, 1.807) is 0 Å². The Morgan fingerprint density at radius 1 is 0.633 bits per heavy atom. The molecule has 30 heavy (non-hydrogen) atoms. The van der Waals surface area contributed by atoms with Crippen LogP contribution in [0.5, 0.6) is 0 Å². The molecule has 0 aliphatic carbocycles. The fraction of sp³-hybridized carbons (Fsp3) is 0.333. The lowest BCUT2D eigenvalue weighted by molar-refractivity contribution is -0.146. The van der Waals surface area contributed by atoms with Crippen LogP contribution in [0.3, 0.4) is 0 Å². The van der Waals surface area contributed by atoms with Crippen molar-refractivity contribution in [2.45, 2.75) is 51.7 Å². The molecule has 0 aliphatic rings. The Labute approximate surface area is 177 Å². The molecule has 0 aromatic heterocycles. The van der Waals surface area contributed by atoms with Gasteiger partial charge in [0.15, 0.2) is 0 Å². The smallest absolute Gasteiger partial charge is 0.306 e. The predicted molar refractivity (Wildman–Crippen MR) is 112 cm³/mol. The number of carbonyl (C=O) groups is 4. The molecule has 0 saturated heterocycles. The monoisotopic (exact) mass is 412 g/mol. The van der Waals surface area contributed by atoms with Crippen molar-refractivity contribution in [3.8, 4) is 0 Å². The lowest BCUT2D eigenvalue weighted by Crippen LogP contribution is -2.04. The van der Waals surface area contributed by atoms with Gasteiger partial charge >= 0.3 is 11.9 Å². The van der Waals surface area contributed by atoms with Crippen LogP contribution in [-0.2, 0) is 41.9 Å². The summed E-state index contributed by atoms with van der Waals surface area (Å²) in [6, 6.07) is 19.0. The van der Waals surface area contributed by atoms with E-state index in [0.29, 0.717) is 51.7 Å². The van der Waals surface area contributed by atoms with Gasteiger partial charge in [-0.3, -0.25) is 9.59 Å². The van der Waals surface area contributed by atoms with Gasteiger partial charge in [0.25, 0.3) is 0 Å². The minimum Gasteiger partial charge on any atom is -0.461 e. The predicted octanol–water partition coefficient (Wildman–Crippen LogP) is 4.20. The third-order valence-electron chi connectivity index (χ3n) is 3.89. The molecule has 160 valence electrons. The number of benzene rings is 2. The molecular formula is C24H28O6.